The van der Waals surface area contributed by atoms with Crippen molar-refractivity contribution in [3.63, 3.8) is 0 Å². The molecule has 3 rings (SSSR count). The van der Waals surface area contributed by atoms with Crippen molar-refractivity contribution < 1.29 is 4.79 Å². The quantitative estimate of drug-likeness (QED) is 0.836. The molecule has 27 heavy (non-hydrogen) atoms. The van der Waals surface area contributed by atoms with Crippen LogP contribution >= 0.6 is 0 Å². The standard InChI is InChI=1S/C22H30N4O/c1-16-19(15-18-9-7-6-8-10-18)20(24-17(2)23-16)25-11-13-26(14-12-25)21(27)22(3,4)5/h6-10H,11-15H2,1-5H3. The zero-order chi connectivity index (χ0) is 19.6. The van der Waals surface area contributed by atoms with Crippen LogP contribution in [-0.4, -0.2) is 47.0 Å². The predicted octanol–water partition coefficient (Wildman–Crippen LogP) is 3.38. The Bertz CT molecular complexity index is 803. The summed E-state index contributed by atoms with van der Waals surface area (Å²) in [7, 11) is 0. The first-order valence-corrected chi connectivity index (χ1v) is 9.68. The lowest BCUT2D eigenvalue weighted by Gasteiger charge is -2.39. The van der Waals surface area contributed by atoms with Crippen LogP contribution in [0, 0.1) is 19.3 Å². The summed E-state index contributed by atoms with van der Waals surface area (Å²) in [6.45, 7) is 13.0. The number of carbonyl (C=O) groups excluding carboxylic acids is 1. The minimum atomic E-state index is -0.331. The minimum absolute atomic E-state index is 0.224. The van der Waals surface area contributed by atoms with E-state index >= 15 is 0 Å². The van der Waals surface area contributed by atoms with Crippen molar-refractivity contribution in [3.8, 4) is 0 Å². The third-order valence-corrected chi connectivity index (χ3v) is 5.04. The number of aromatic nitrogens is 2. The molecule has 144 valence electrons. The van der Waals surface area contributed by atoms with Gasteiger partial charge < -0.3 is 9.80 Å². The molecule has 0 atom stereocenters. The van der Waals surface area contributed by atoms with Crippen LogP contribution in [0.25, 0.3) is 0 Å². The van der Waals surface area contributed by atoms with Gasteiger partial charge in [-0.2, -0.15) is 0 Å². The van der Waals surface area contributed by atoms with Gasteiger partial charge in [-0.3, -0.25) is 4.79 Å². The lowest BCUT2D eigenvalue weighted by molar-refractivity contribution is -0.139. The molecule has 1 aliphatic rings. The van der Waals surface area contributed by atoms with Gasteiger partial charge >= 0.3 is 0 Å². The summed E-state index contributed by atoms with van der Waals surface area (Å²) in [4.78, 5) is 26.2. The Labute approximate surface area is 162 Å². The topological polar surface area (TPSA) is 49.3 Å². The molecule has 1 amide bonds. The van der Waals surface area contributed by atoms with Crippen LogP contribution in [0.4, 0.5) is 5.82 Å². The second kappa shape index (κ2) is 7.67. The maximum Gasteiger partial charge on any atom is 0.228 e. The first-order chi connectivity index (χ1) is 12.8. The van der Waals surface area contributed by atoms with E-state index in [1.54, 1.807) is 0 Å². The van der Waals surface area contributed by atoms with E-state index in [1.807, 2.05) is 38.7 Å². The molecule has 0 bridgehead atoms. The average molecular weight is 367 g/mol. The third-order valence-electron chi connectivity index (χ3n) is 5.04. The molecule has 0 aliphatic carbocycles. The van der Waals surface area contributed by atoms with E-state index in [0.717, 1.165) is 49.9 Å². The van der Waals surface area contributed by atoms with Crippen molar-refractivity contribution in [2.45, 2.75) is 41.0 Å². The summed E-state index contributed by atoms with van der Waals surface area (Å²) in [5.74, 6) is 2.04. The molecule has 0 N–H and O–H groups in total. The van der Waals surface area contributed by atoms with Crippen LogP contribution in [0.2, 0.25) is 0 Å². The number of hydrogen-bond acceptors (Lipinski definition) is 4. The summed E-state index contributed by atoms with van der Waals surface area (Å²) >= 11 is 0. The Hall–Kier alpha value is -2.43. The van der Waals surface area contributed by atoms with Crippen molar-refractivity contribution in [2.75, 3.05) is 31.1 Å². The Morgan fingerprint density at radius 1 is 1.00 bits per heavy atom. The number of aryl methyl sites for hydroxylation is 2. The molecule has 0 unspecified atom stereocenters. The highest BCUT2D eigenvalue weighted by atomic mass is 16.2. The SMILES string of the molecule is Cc1nc(C)c(Cc2ccccc2)c(N2CCN(C(=O)C(C)(C)C)CC2)n1. The van der Waals surface area contributed by atoms with Crippen LogP contribution in [-0.2, 0) is 11.2 Å². The molecule has 1 fully saturated rings. The normalized spacial score (nSPS) is 15.1. The van der Waals surface area contributed by atoms with Crippen molar-refractivity contribution in [1.29, 1.82) is 0 Å². The molecule has 1 aromatic carbocycles. The molecular weight excluding hydrogens is 336 g/mol. The van der Waals surface area contributed by atoms with Gasteiger partial charge in [0.25, 0.3) is 0 Å². The Morgan fingerprint density at radius 3 is 2.22 bits per heavy atom. The third kappa shape index (κ3) is 4.46. The number of carbonyl (C=O) groups is 1. The van der Waals surface area contributed by atoms with Crippen molar-refractivity contribution in [2.24, 2.45) is 5.41 Å². The average Bonchev–Trinajstić information content (AvgIpc) is 2.63. The fraction of sp³-hybridized carbons (Fsp3) is 0.500. The van der Waals surface area contributed by atoms with Gasteiger partial charge in [-0.1, -0.05) is 51.1 Å². The van der Waals surface area contributed by atoms with Crippen molar-refractivity contribution in [3.05, 3.63) is 53.0 Å². The highest BCUT2D eigenvalue weighted by Crippen LogP contribution is 2.26. The van der Waals surface area contributed by atoms with Crippen LogP contribution < -0.4 is 4.90 Å². The van der Waals surface area contributed by atoms with Gasteiger partial charge in [0.2, 0.25) is 5.91 Å². The lowest BCUT2D eigenvalue weighted by Crippen LogP contribution is -2.52. The minimum Gasteiger partial charge on any atom is -0.353 e. The number of piperazine rings is 1. The summed E-state index contributed by atoms with van der Waals surface area (Å²) in [6, 6.07) is 10.5. The van der Waals surface area contributed by atoms with E-state index in [-0.39, 0.29) is 11.3 Å². The van der Waals surface area contributed by atoms with Crippen LogP contribution in [0.1, 0.15) is 43.4 Å². The van der Waals surface area contributed by atoms with Crippen LogP contribution in [0.3, 0.4) is 0 Å². The first-order valence-electron chi connectivity index (χ1n) is 9.68. The lowest BCUT2D eigenvalue weighted by atomic mass is 9.94. The summed E-state index contributed by atoms with van der Waals surface area (Å²) < 4.78 is 0. The summed E-state index contributed by atoms with van der Waals surface area (Å²) in [6.07, 6.45) is 0.823. The predicted molar refractivity (Wildman–Crippen MR) is 109 cm³/mol. The maximum absolute atomic E-state index is 12.6. The molecule has 2 aromatic rings. The maximum atomic E-state index is 12.6. The second-order valence-electron chi connectivity index (χ2n) is 8.35. The van der Waals surface area contributed by atoms with E-state index in [9.17, 15) is 4.79 Å². The molecular formula is C22H30N4O. The molecule has 5 nitrogen and oxygen atoms in total. The molecule has 0 radical (unpaired) electrons. The zero-order valence-electron chi connectivity index (χ0n) is 17.1. The van der Waals surface area contributed by atoms with Crippen molar-refractivity contribution >= 4 is 11.7 Å². The molecule has 5 heteroatoms. The molecule has 1 aromatic heterocycles. The second-order valence-corrected chi connectivity index (χ2v) is 8.35. The van der Waals surface area contributed by atoms with Gasteiger partial charge in [-0.05, 0) is 19.4 Å². The zero-order valence-corrected chi connectivity index (χ0v) is 17.1. The Morgan fingerprint density at radius 2 is 1.63 bits per heavy atom. The molecule has 1 aliphatic heterocycles. The van der Waals surface area contributed by atoms with Crippen LogP contribution in [0.15, 0.2) is 30.3 Å². The Balaban J connectivity index is 1.82. The number of rotatable bonds is 3. The van der Waals surface area contributed by atoms with Gasteiger partial charge in [-0.15, -0.1) is 0 Å². The molecule has 0 saturated carbocycles. The highest BCUT2D eigenvalue weighted by molar-refractivity contribution is 5.81. The number of hydrogen-bond donors (Lipinski definition) is 0. The van der Waals surface area contributed by atoms with Gasteiger partial charge in [0.1, 0.15) is 11.6 Å². The highest BCUT2D eigenvalue weighted by Gasteiger charge is 2.30. The molecule has 1 saturated heterocycles. The van der Waals surface area contributed by atoms with Gasteiger partial charge in [0.05, 0.1) is 0 Å². The number of amides is 1. The smallest absolute Gasteiger partial charge is 0.228 e. The van der Waals surface area contributed by atoms with E-state index in [1.165, 1.54) is 11.1 Å². The number of benzene rings is 1. The Kier molecular flexibility index (Phi) is 5.49. The monoisotopic (exact) mass is 366 g/mol. The van der Waals surface area contributed by atoms with E-state index < -0.39 is 0 Å². The fourth-order valence-corrected chi connectivity index (χ4v) is 3.58. The molecule has 0 spiro atoms. The number of anilines is 1. The summed E-state index contributed by atoms with van der Waals surface area (Å²) in [5, 5.41) is 0. The van der Waals surface area contributed by atoms with E-state index in [0.29, 0.717) is 0 Å². The van der Waals surface area contributed by atoms with Gasteiger partial charge in [0, 0.05) is 49.3 Å². The van der Waals surface area contributed by atoms with E-state index in [2.05, 4.69) is 41.1 Å². The molecule has 2 heterocycles. The summed E-state index contributed by atoms with van der Waals surface area (Å²) in [5.41, 5.74) is 3.15. The fourth-order valence-electron chi connectivity index (χ4n) is 3.58. The number of nitrogens with zero attached hydrogens (tertiary/aromatic N) is 4. The van der Waals surface area contributed by atoms with Gasteiger partial charge in [-0.25, -0.2) is 9.97 Å². The van der Waals surface area contributed by atoms with Gasteiger partial charge in [0.15, 0.2) is 0 Å². The van der Waals surface area contributed by atoms with E-state index in [4.69, 9.17) is 4.98 Å². The van der Waals surface area contributed by atoms with Crippen molar-refractivity contribution in [1.82, 2.24) is 14.9 Å². The largest absolute Gasteiger partial charge is 0.353 e. The van der Waals surface area contributed by atoms with Crippen LogP contribution in [0.5, 0.6) is 0 Å². The first kappa shape index (κ1) is 19.3.